The summed E-state index contributed by atoms with van der Waals surface area (Å²) in [6.45, 7) is 2.03. The molecule has 0 bridgehead atoms. The van der Waals surface area contributed by atoms with E-state index in [0.717, 1.165) is 95.1 Å². The molecular weight excluding hydrogens is 817 g/mol. The van der Waals surface area contributed by atoms with Gasteiger partial charge in [-0.25, -0.2) is 24.9 Å². The van der Waals surface area contributed by atoms with Crippen molar-refractivity contribution in [1.29, 1.82) is 0 Å². The minimum atomic E-state index is 0.616. The van der Waals surface area contributed by atoms with Gasteiger partial charge in [0.2, 0.25) is 0 Å². The molecule has 0 amide bonds. The van der Waals surface area contributed by atoms with E-state index in [4.69, 9.17) is 29.9 Å². The average molecular weight is 859 g/mol. The Balaban J connectivity index is 0.951. The molecule has 6 heteroatoms. The summed E-state index contributed by atoms with van der Waals surface area (Å²) in [6.07, 6.45) is 0. The third-order valence-corrected chi connectivity index (χ3v) is 11.9. The lowest BCUT2D eigenvalue weighted by atomic mass is 9.92. The van der Waals surface area contributed by atoms with E-state index in [1.165, 1.54) is 0 Å². The minimum absolute atomic E-state index is 0.616. The first kappa shape index (κ1) is 40.8. The van der Waals surface area contributed by atoms with Crippen molar-refractivity contribution in [1.82, 2.24) is 29.9 Å². The van der Waals surface area contributed by atoms with Gasteiger partial charge in [-0.05, 0) is 64.6 Å². The third-order valence-electron chi connectivity index (χ3n) is 11.9. The highest BCUT2D eigenvalue weighted by Crippen LogP contribution is 2.38. The van der Waals surface area contributed by atoms with Crippen molar-refractivity contribution in [3.63, 3.8) is 0 Å². The fourth-order valence-corrected chi connectivity index (χ4v) is 8.48. The molecule has 67 heavy (non-hydrogen) atoms. The fraction of sp³-hybridized carbons (Fsp3) is 0.0164. The molecular formula is C61H42N6. The smallest absolute Gasteiger partial charge is 0.164 e. The Kier molecular flexibility index (Phi) is 11.1. The monoisotopic (exact) mass is 858 g/mol. The summed E-state index contributed by atoms with van der Waals surface area (Å²) in [5.74, 6) is 2.56. The van der Waals surface area contributed by atoms with Gasteiger partial charge in [0, 0.05) is 44.6 Å². The van der Waals surface area contributed by atoms with E-state index >= 15 is 0 Å². The van der Waals surface area contributed by atoms with Gasteiger partial charge in [0.25, 0.3) is 0 Å². The van der Waals surface area contributed by atoms with E-state index in [2.05, 4.69) is 146 Å². The quantitative estimate of drug-likeness (QED) is 0.136. The van der Waals surface area contributed by atoms with Crippen LogP contribution in [0.3, 0.4) is 0 Å². The SMILES string of the molecule is Cc1cccc(-c2cc(-c3ccc(-c4cc(-c5ccccc5-c5ccccc5)nc(-c5ccccc5)n4)cc3)ccc2-c2ccc(-c3nc(-c4ccccc4)nc(-c4ccccc4)n3)cc2)n1. The van der Waals surface area contributed by atoms with Crippen LogP contribution in [0.25, 0.3) is 113 Å². The maximum absolute atomic E-state index is 5.15. The molecule has 316 valence electrons. The largest absolute Gasteiger partial charge is 0.253 e. The van der Waals surface area contributed by atoms with E-state index in [9.17, 15) is 0 Å². The molecule has 3 aromatic heterocycles. The van der Waals surface area contributed by atoms with Crippen molar-refractivity contribution in [3.05, 3.63) is 242 Å². The molecule has 0 fully saturated rings. The van der Waals surface area contributed by atoms with Gasteiger partial charge in [0.05, 0.1) is 17.1 Å². The molecule has 0 radical (unpaired) electrons. The molecule has 0 spiro atoms. The topological polar surface area (TPSA) is 77.3 Å². The van der Waals surface area contributed by atoms with Gasteiger partial charge in [-0.1, -0.05) is 212 Å². The van der Waals surface area contributed by atoms with Crippen molar-refractivity contribution in [3.8, 4) is 113 Å². The molecule has 0 aliphatic rings. The average Bonchev–Trinajstić information content (AvgIpc) is 3.41. The zero-order chi connectivity index (χ0) is 44.9. The van der Waals surface area contributed by atoms with Crippen LogP contribution in [0, 0.1) is 6.92 Å². The lowest BCUT2D eigenvalue weighted by Gasteiger charge is -2.15. The molecule has 0 saturated heterocycles. The summed E-state index contributed by atoms with van der Waals surface area (Å²) in [7, 11) is 0. The Hall–Kier alpha value is -9.00. The Morgan fingerprint density at radius 3 is 1.18 bits per heavy atom. The second-order valence-electron chi connectivity index (χ2n) is 16.4. The van der Waals surface area contributed by atoms with Crippen LogP contribution in [0.1, 0.15) is 5.69 Å². The molecule has 6 nitrogen and oxygen atoms in total. The van der Waals surface area contributed by atoms with Crippen LogP contribution < -0.4 is 0 Å². The Morgan fingerprint density at radius 2 is 0.612 bits per heavy atom. The molecule has 0 atom stereocenters. The van der Waals surface area contributed by atoms with E-state index in [1.54, 1.807) is 0 Å². The van der Waals surface area contributed by atoms with Gasteiger partial charge < -0.3 is 0 Å². The molecule has 11 aromatic rings. The number of hydrogen-bond donors (Lipinski definition) is 0. The van der Waals surface area contributed by atoms with E-state index < -0.39 is 0 Å². The molecule has 0 saturated carbocycles. The van der Waals surface area contributed by atoms with Crippen LogP contribution in [0.2, 0.25) is 0 Å². The maximum Gasteiger partial charge on any atom is 0.164 e. The van der Waals surface area contributed by atoms with Gasteiger partial charge >= 0.3 is 0 Å². The van der Waals surface area contributed by atoms with Gasteiger partial charge in [-0.2, -0.15) is 0 Å². The summed E-state index contributed by atoms with van der Waals surface area (Å²) in [6, 6.07) is 81.3. The molecule has 0 unspecified atom stereocenters. The highest BCUT2D eigenvalue weighted by atomic mass is 15.0. The van der Waals surface area contributed by atoms with Crippen LogP contribution in [-0.4, -0.2) is 29.9 Å². The van der Waals surface area contributed by atoms with Gasteiger partial charge in [0.1, 0.15) is 0 Å². The molecule has 0 aliphatic heterocycles. The summed E-state index contributed by atoms with van der Waals surface area (Å²) < 4.78 is 0. The van der Waals surface area contributed by atoms with Crippen molar-refractivity contribution < 1.29 is 0 Å². The van der Waals surface area contributed by atoms with E-state index in [0.29, 0.717) is 23.3 Å². The number of aromatic nitrogens is 6. The molecule has 3 heterocycles. The van der Waals surface area contributed by atoms with Gasteiger partial charge in [-0.3, -0.25) is 4.98 Å². The summed E-state index contributed by atoms with van der Waals surface area (Å²) in [4.78, 5) is 30.1. The van der Waals surface area contributed by atoms with Crippen molar-refractivity contribution in [2.45, 2.75) is 6.92 Å². The first-order chi connectivity index (χ1) is 33.1. The fourth-order valence-electron chi connectivity index (χ4n) is 8.48. The lowest BCUT2D eigenvalue weighted by Crippen LogP contribution is -2.00. The zero-order valence-corrected chi connectivity index (χ0v) is 36.7. The lowest BCUT2D eigenvalue weighted by molar-refractivity contribution is 1.07. The van der Waals surface area contributed by atoms with E-state index in [1.807, 2.05) is 97.9 Å². The van der Waals surface area contributed by atoms with Crippen molar-refractivity contribution in [2.24, 2.45) is 0 Å². The second-order valence-corrected chi connectivity index (χ2v) is 16.4. The number of rotatable bonds is 10. The number of benzene rings is 8. The molecule has 8 aromatic carbocycles. The zero-order valence-electron chi connectivity index (χ0n) is 36.7. The standard InChI is InChI=1S/C61H42N6/c1-41-17-16-28-55(62-41)54-39-50(37-38-52(54)44-31-35-49(36-32-44)61-66-59(47-22-10-4-11-23-47)65-60(67-61)48-24-12-5-13-25-48)42-29-33-45(34-30-42)56-40-57(64-58(63-56)46-20-8-3-9-21-46)53-27-15-14-26-51(53)43-18-6-2-7-19-43/h2-40H,1H3. The van der Waals surface area contributed by atoms with Crippen LogP contribution >= 0.6 is 0 Å². The number of pyridine rings is 1. The predicted octanol–water partition coefficient (Wildman–Crippen LogP) is 15.0. The number of aryl methyl sites for hydroxylation is 1. The molecule has 0 aliphatic carbocycles. The summed E-state index contributed by atoms with van der Waals surface area (Å²) >= 11 is 0. The summed E-state index contributed by atoms with van der Waals surface area (Å²) in [5.41, 5.74) is 17.0. The minimum Gasteiger partial charge on any atom is -0.253 e. The van der Waals surface area contributed by atoms with Crippen LogP contribution in [-0.2, 0) is 0 Å². The Bertz CT molecular complexity index is 3430. The molecule has 11 rings (SSSR count). The first-order valence-corrected chi connectivity index (χ1v) is 22.4. The highest BCUT2D eigenvalue weighted by molar-refractivity contribution is 5.88. The number of nitrogens with zero attached hydrogens (tertiary/aromatic N) is 6. The Morgan fingerprint density at radius 1 is 0.209 bits per heavy atom. The molecule has 0 N–H and O–H groups in total. The normalized spacial score (nSPS) is 11.1. The van der Waals surface area contributed by atoms with Gasteiger partial charge in [0.15, 0.2) is 23.3 Å². The van der Waals surface area contributed by atoms with Gasteiger partial charge in [-0.15, -0.1) is 0 Å². The highest BCUT2D eigenvalue weighted by Gasteiger charge is 2.17. The van der Waals surface area contributed by atoms with Crippen molar-refractivity contribution in [2.75, 3.05) is 0 Å². The Labute approximate surface area is 390 Å². The maximum atomic E-state index is 5.15. The van der Waals surface area contributed by atoms with E-state index in [-0.39, 0.29) is 0 Å². The number of hydrogen-bond acceptors (Lipinski definition) is 6. The second kappa shape index (κ2) is 18.2. The predicted molar refractivity (Wildman–Crippen MR) is 272 cm³/mol. The van der Waals surface area contributed by atoms with Crippen LogP contribution in [0.15, 0.2) is 237 Å². The summed E-state index contributed by atoms with van der Waals surface area (Å²) in [5, 5.41) is 0. The third kappa shape index (κ3) is 8.67. The van der Waals surface area contributed by atoms with Crippen molar-refractivity contribution >= 4 is 0 Å². The van der Waals surface area contributed by atoms with Crippen LogP contribution in [0.4, 0.5) is 0 Å². The first-order valence-electron chi connectivity index (χ1n) is 22.4. The van der Waals surface area contributed by atoms with Crippen LogP contribution in [0.5, 0.6) is 0 Å².